The van der Waals surface area contributed by atoms with Gasteiger partial charge in [0.25, 0.3) is 0 Å². The summed E-state index contributed by atoms with van der Waals surface area (Å²) in [7, 11) is 1.87. The Balaban J connectivity index is 1.70. The number of hydrogen-bond acceptors (Lipinski definition) is 5. The molecule has 0 bridgehead atoms. The second-order valence-corrected chi connectivity index (χ2v) is 6.46. The Morgan fingerprint density at radius 2 is 2.39 bits per heavy atom. The molecule has 122 valence electrons. The number of aryl methyl sites for hydroxylation is 1. The molecule has 2 aromatic rings. The highest BCUT2D eigenvalue weighted by Crippen LogP contribution is 2.25. The Morgan fingerprint density at radius 3 is 3.04 bits per heavy atom. The van der Waals surface area contributed by atoms with Crippen LogP contribution >= 0.6 is 11.8 Å². The van der Waals surface area contributed by atoms with Crippen LogP contribution in [0, 0.1) is 0 Å². The Labute approximate surface area is 139 Å². The van der Waals surface area contributed by atoms with Crippen molar-refractivity contribution in [3.8, 4) is 0 Å². The third-order valence-electron chi connectivity index (χ3n) is 3.80. The SMILES string of the molecule is Cn1cnnc1SCC(=O)N(Cc1ccco1)C1=CCCCC1. The summed E-state index contributed by atoms with van der Waals surface area (Å²) >= 11 is 1.41. The standard InChI is InChI=1S/C16H20N4O2S/c1-19-12-17-18-16(19)23-11-15(21)20(10-14-8-5-9-22-14)13-6-3-2-4-7-13/h5-6,8-9,12H,2-4,7,10-11H2,1H3. The van der Waals surface area contributed by atoms with E-state index in [0.29, 0.717) is 12.3 Å². The second-order valence-electron chi connectivity index (χ2n) is 5.51. The van der Waals surface area contributed by atoms with E-state index in [1.165, 1.54) is 18.2 Å². The predicted octanol–water partition coefficient (Wildman–Crippen LogP) is 2.99. The number of aromatic nitrogens is 3. The first-order valence-electron chi connectivity index (χ1n) is 7.72. The van der Waals surface area contributed by atoms with Gasteiger partial charge in [0, 0.05) is 12.7 Å². The molecule has 0 aromatic carbocycles. The number of carbonyl (C=O) groups is 1. The quantitative estimate of drug-likeness (QED) is 0.761. The molecule has 0 unspecified atom stereocenters. The highest BCUT2D eigenvalue weighted by Gasteiger charge is 2.21. The Hall–Kier alpha value is -2.02. The summed E-state index contributed by atoms with van der Waals surface area (Å²) in [6.45, 7) is 0.483. The molecule has 1 aliphatic carbocycles. The van der Waals surface area contributed by atoms with Crippen LogP contribution in [0.5, 0.6) is 0 Å². The molecule has 0 atom stereocenters. The lowest BCUT2D eigenvalue weighted by Crippen LogP contribution is -2.32. The van der Waals surface area contributed by atoms with Crippen molar-refractivity contribution >= 4 is 17.7 Å². The van der Waals surface area contributed by atoms with E-state index in [2.05, 4.69) is 16.3 Å². The Kier molecular flexibility index (Phi) is 5.17. The summed E-state index contributed by atoms with van der Waals surface area (Å²) < 4.78 is 7.23. The van der Waals surface area contributed by atoms with Crippen LogP contribution in [0.25, 0.3) is 0 Å². The lowest BCUT2D eigenvalue weighted by molar-refractivity contribution is -0.127. The first-order chi connectivity index (χ1) is 11.2. The van der Waals surface area contributed by atoms with Crippen molar-refractivity contribution in [3.05, 3.63) is 42.3 Å². The van der Waals surface area contributed by atoms with Crippen LogP contribution in [0.2, 0.25) is 0 Å². The van der Waals surface area contributed by atoms with E-state index in [-0.39, 0.29) is 5.91 Å². The molecule has 1 amide bonds. The molecule has 0 N–H and O–H groups in total. The summed E-state index contributed by atoms with van der Waals surface area (Å²) in [5, 5.41) is 8.59. The first kappa shape index (κ1) is 15.9. The van der Waals surface area contributed by atoms with Gasteiger partial charge in [-0.2, -0.15) is 0 Å². The topological polar surface area (TPSA) is 64.2 Å². The van der Waals surface area contributed by atoms with Gasteiger partial charge >= 0.3 is 0 Å². The fourth-order valence-corrected chi connectivity index (χ4v) is 3.35. The van der Waals surface area contributed by atoms with E-state index in [0.717, 1.165) is 35.9 Å². The van der Waals surface area contributed by atoms with Crippen LogP contribution in [0.4, 0.5) is 0 Å². The van der Waals surface area contributed by atoms with Crippen LogP contribution in [0.15, 0.2) is 46.1 Å². The Bertz CT molecular complexity index is 678. The van der Waals surface area contributed by atoms with Crippen molar-refractivity contribution in [2.75, 3.05) is 5.75 Å². The first-order valence-corrected chi connectivity index (χ1v) is 8.71. The molecule has 0 fully saturated rings. The van der Waals surface area contributed by atoms with Crippen molar-refractivity contribution in [1.82, 2.24) is 19.7 Å². The number of thioether (sulfide) groups is 1. The molecule has 23 heavy (non-hydrogen) atoms. The smallest absolute Gasteiger partial charge is 0.237 e. The molecule has 0 aliphatic heterocycles. The Morgan fingerprint density at radius 1 is 1.48 bits per heavy atom. The number of carbonyl (C=O) groups excluding carboxylic acids is 1. The molecule has 0 radical (unpaired) electrons. The van der Waals surface area contributed by atoms with E-state index >= 15 is 0 Å². The third kappa shape index (κ3) is 4.04. The van der Waals surface area contributed by atoms with Crippen LogP contribution in [0.1, 0.15) is 31.4 Å². The normalized spacial score (nSPS) is 14.6. The number of rotatable bonds is 6. The van der Waals surface area contributed by atoms with E-state index < -0.39 is 0 Å². The third-order valence-corrected chi connectivity index (χ3v) is 4.82. The van der Waals surface area contributed by atoms with Gasteiger partial charge in [0.2, 0.25) is 5.91 Å². The molecule has 0 saturated heterocycles. The minimum atomic E-state index is 0.0718. The maximum Gasteiger partial charge on any atom is 0.237 e. The maximum atomic E-state index is 12.7. The minimum absolute atomic E-state index is 0.0718. The van der Waals surface area contributed by atoms with E-state index in [9.17, 15) is 4.79 Å². The zero-order chi connectivity index (χ0) is 16.1. The summed E-state index contributed by atoms with van der Waals surface area (Å²) in [5.74, 6) is 1.21. The summed E-state index contributed by atoms with van der Waals surface area (Å²) in [4.78, 5) is 14.6. The maximum absolute atomic E-state index is 12.7. The van der Waals surface area contributed by atoms with Gasteiger partial charge in [-0.1, -0.05) is 17.8 Å². The largest absolute Gasteiger partial charge is 0.467 e. The highest BCUT2D eigenvalue weighted by atomic mass is 32.2. The van der Waals surface area contributed by atoms with E-state index in [1.54, 1.807) is 12.6 Å². The van der Waals surface area contributed by atoms with Gasteiger partial charge in [0.15, 0.2) is 5.16 Å². The molecule has 7 heteroatoms. The van der Waals surface area contributed by atoms with Crippen molar-refractivity contribution in [2.45, 2.75) is 37.4 Å². The number of allylic oxidation sites excluding steroid dienone is 2. The molecule has 2 heterocycles. The van der Waals surface area contributed by atoms with Crippen LogP contribution in [-0.4, -0.2) is 31.3 Å². The van der Waals surface area contributed by atoms with Crippen LogP contribution in [0.3, 0.4) is 0 Å². The van der Waals surface area contributed by atoms with E-state index in [1.807, 2.05) is 28.6 Å². The molecule has 6 nitrogen and oxygen atoms in total. The lowest BCUT2D eigenvalue weighted by atomic mass is 10.0. The number of amides is 1. The molecule has 1 aliphatic rings. The fraction of sp³-hybridized carbons (Fsp3) is 0.438. The van der Waals surface area contributed by atoms with Gasteiger partial charge in [0.1, 0.15) is 12.1 Å². The molecule has 0 spiro atoms. The zero-order valence-corrected chi connectivity index (χ0v) is 14.0. The molecule has 2 aromatic heterocycles. The summed E-state index contributed by atoms with van der Waals surface area (Å²) in [6.07, 6.45) is 9.76. The highest BCUT2D eigenvalue weighted by molar-refractivity contribution is 7.99. The molecular weight excluding hydrogens is 312 g/mol. The van der Waals surface area contributed by atoms with Crippen molar-refractivity contribution in [3.63, 3.8) is 0 Å². The number of furan rings is 1. The van der Waals surface area contributed by atoms with Gasteiger partial charge in [-0.05, 0) is 37.8 Å². The van der Waals surface area contributed by atoms with Crippen LogP contribution in [-0.2, 0) is 18.4 Å². The van der Waals surface area contributed by atoms with Gasteiger partial charge in [-0.3, -0.25) is 4.79 Å². The second kappa shape index (κ2) is 7.50. The van der Waals surface area contributed by atoms with Crippen molar-refractivity contribution in [1.29, 1.82) is 0 Å². The fourth-order valence-electron chi connectivity index (χ4n) is 2.58. The predicted molar refractivity (Wildman–Crippen MR) is 87.5 cm³/mol. The summed E-state index contributed by atoms with van der Waals surface area (Å²) in [6, 6.07) is 3.75. The zero-order valence-electron chi connectivity index (χ0n) is 13.1. The average Bonchev–Trinajstić information content (AvgIpc) is 3.23. The number of nitrogens with zero attached hydrogens (tertiary/aromatic N) is 4. The summed E-state index contributed by atoms with van der Waals surface area (Å²) in [5.41, 5.74) is 1.11. The molecule has 3 rings (SSSR count). The van der Waals surface area contributed by atoms with Gasteiger partial charge in [0.05, 0.1) is 18.6 Å². The number of hydrogen-bond donors (Lipinski definition) is 0. The van der Waals surface area contributed by atoms with Gasteiger partial charge in [-0.25, -0.2) is 0 Å². The minimum Gasteiger partial charge on any atom is -0.467 e. The lowest BCUT2D eigenvalue weighted by Gasteiger charge is -2.27. The van der Waals surface area contributed by atoms with Gasteiger partial charge in [-0.15, -0.1) is 10.2 Å². The molecule has 0 saturated carbocycles. The van der Waals surface area contributed by atoms with E-state index in [4.69, 9.17) is 4.42 Å². The van der Waals surface area contributed by atoms with Crippen molar-refractivity contribution < 1.29 is 9.21 Å². The van der Waals surface area contributed by atoms with Crippen molar-refractivity contribution in [2.24, 2.45) is 7.05 Å². The van der Waals surface area contributed by atoms with Crippen LogP contribution < -0.4 is 0 Å². The molecular formula is C16H20N4O2S. The van der Waals surface area contributed by atoms with Gasteiger partial charge < -0.3 is 13.9 Å². The average molecular weight is 332 g/mol. The monoisotopic (exact) mass is 332 g/mol.